The maximum Gasteiger partial charge on any atom is 0.295 e. The third-order valence-corrected chi connectivity index (χ3v) is 6.46. The minimum atomic E-state index is -0.774. The molecule has 1 unspecified atom stereocenters. The van der Waals surface area contributed by atoms with Crippen LogP contribution in [-0.4, -0.2) is 40.0 Å². The molecule has 1 saturated heterocycles. The third-order valence-electron chi connectivity index (χ3n) is 6.15. The van der Waals surface area contributed by atoms with E-state index < -0.39 is 17.7 Å². The zero-order valence-corrected chi connectivity index (χ0v) is 18.1. The lowest BCUT2D eigenvalue weighted by molar-refractivity contribution is -0.141. The Hall–Kier alpha value is -2.99. The van der Waals surface area contributed by atoms with Gasteiger partial charge < -0.3 is 19.8 Å². The van der Waals surface area contributed by atoms with Crippen LogP contribution in [0.2, 0.25) is 5.02 Å². The quantitative estimate of drug-likeness (QED) is 0.407. The SMILES string of the molecule is COc1ccc(/C(O)=C2/C(=O)C(=O)N(C3CCCC3)C2c2ccc(O)c(Cl)c2)cc1C. The van der Waals surface area contributed by atoms with E-state index in [1.807, 2.05) is 6.92 Å². The van der Waals surface area contributed by atoms with Gasteiger partial charge in [0.25, 0.3) is 11.7 Å². The lowest BCUT2D eigenvalue weighted by atomic mass is 9.94. The molecule has 2 aliphatic rings. The fraction of sp³-hybridized carbons (Fsp3) is 0.333. The monoisotopic (exact) mass is 441 g/mol. The van der Waals surface area contributed by atoms with Gasteiger partial charge in [-0.15, -0.1) is 0 Å². The average molecular weight is 442 g/mol. The van der Waals surface area contributed by atoms with E-state index in [0.717, 1.165) is 31.2 Å². The van der Waals surface area contributed by atoms with Crippen molar-refractivity contribution < 1.29 is 24.5 Å². The van der Waals surface area contributed by atoms with Crippen molar-refractivity contribution in [3.63, 3.8) is 0 Å². The van der Waals surface area contributed by atoms with E-state index in [1.165, 1.54) is 6.07 Å². The minimum Gasteiger partial charge on any atom is -0.507 e. The van der Waals surface area contributed by atoms with Crippen molar-refractivity contribution >= 4 is 29.1 Å². The first-order valence-corrected chi connectivity index (χ1v) is 10.6. The maximum atomic E-state index is 13.1. The van der Waals surface area contributed by atoms with Gasteiger partial charge in [-0.2, -0.15) is 0 Å². The fourth-order valence-corrected chi connectivity index (χ4v) is 4.80. The van der Waals surface area contributed by atoms with Gasteiger partial charge in [-0.05, 0) is 61.2 Å². The number of benzene rings is 2. The second-order valence-corrected chi connectivity index (χ2v) is 8.45. The molecule has 1 aliphatic carbocycles. The number of aryl methyl sites for hydroxylation is 1. The third kappa shape index (κ3) is 3.65. The summed E-state index contributed by atoms with van der Waals surface area (Å²) in [6, 6.07) is 8.84. The van der Waals surface area contributed by atoms with E-state index in [-0.39, 0.29) is 28.1 Å². The number of carbonyl (C=O) groups excluding carboxylic acids is 2. The van der Waals surface area contributed by atoms with E-state index >= 15 is 0 Å². The van der Waals surface area contributed by atoms with E-state index in [2.05, 4.69) is 0 Å². The van der Waals surface area contributed by atoms with Crippen molar-refractivity contribution in [2.24, 2.45) is 0 Å². The van der Waals surface area contributed by atoms with Crippen LogP contribution in [0.4, 0.5) is 0 Å². The van der Waals surface area contributed by atoms with Crippen LogP contribution in [0.15, 0.2) is 42.0 Å². The maximum absolute atomic E-state index is 13.1. The Balaban J connectivity index is 1.90. The Bertz CT molecular complexity index is 1090. The summed E-state index contributed by atoms with van der Waals surface area (Å²) in [5.41, 5.74) is 1.82. The van der Waals surface area contributed by atoms with Gasteiger partial charge in [0.05, 0.1) is 23.7 Å². The normalized spacial score (nSPS) is 21.1. The zero-order chi connectivity index (χ0) is 22.3. The highest BCUT2D eigenvalue weighted by Gasteiger charge is 2.49. The van der Waals surface area contributed by atoms with Crippen LogP contribution in [0.3, 0.4) is 0 Å². The summed E-state index contributed by atoms with van der Waals surface area (Å²) in [5, 5.41) is 21.1. The number of ketones is 1. The Morgan fingerprint density at radius 2 is 1.84 bits per heavy atom. The first kappa shape index (κ1) is 21.2. The highest BCUT2D eigenvalue weighted by Crippen LogP contribution is 2.44. The Kier molecular flexibility index (Phi) is 5.67. The number of likely N-dealkylation sites (tertiary alicyclic amines) is 1. The molecule has 0 bridgehead atoms. The number of aliphatic hydroxyl groups excluding tert-OH is 1. The highest BCUT2D eigenvalue weighted by atomic mass is 35.5. The van der Waals surface area contributed by atoms with Crippen LogP contribution in [-0.2, 0) is 9.59 Å². The number of aromatic hydroxyl groups is 1. The molecule has 1 aliphatic heterocycles. The van der Waals surface area contributed by atoms with Crippen molar-refractivity contribution in [3.8, 4) is 11.5 Å². The van der Waals surface area contributed by atoms with Crippen LogP contribution >= 0.6 is 11.6 Å². The Morgan fingerprint density at radius 3 is 2.45 bits per heavy atom. The molecule has 1 saturated carbocycles. The molecule has 162 valence electrons. The number of amides is 1. The smallest absolute Gasteiger partial charge is 0.295 e. The first-order valence-electron chi connectivity index (χ1n) is 10.3. The van der Waals surface area contributed by atoms with Gasteiger partial charge >= 0.3 is 0 Å². The molecule has 0 radical (unpaired) electrons. The van der Waals surface area contributed by atoms with Crippen molar-refractivity contribution in [3.05, 3.63) is 63.7 Å². The number of carbonyl (C=O) groups is 2. The molecule has 0 aromatic heterocycles. The number of Topliss-reactive ketones (excluding diaryl/α,β-unsaturated/α-hetero) is 1. The lowest BCUT2D eigenvalue weighted by Crippen LogP contribution is -2.37. The Labute approximate surface area is 185 Å². The molecule has 1 amide bonds. The summed E-state index contributed by atoms with van der Waals surface area (Å²) in [6.07, 6.45) is 3.57. The minimum absolute atomic E-state index is 0.0308. The van der Waals surface area contributed by atoms with Crippen LogP contribution < -0.4 is 4.74 Å². The fourth-order valence-electron chi connectivity index (χ4n) is 4.61. The number of halogens is 1. The molecule has 4 rings (SSSR count). The summed E-state index contributed by atoms with van der Waals surface area (Å²) in [6.45, 7) is 1.84. The van der Waals surface area contributed by atoms with E-state index in [0.29, 0.717) is 16.9 Å². The second-order valence-electron chi connectivity index (χ2n) is 8.04. The molecule has 2 aromatic rings. The topological polar surface area (TPSA) is 87.1 Å². The Morgan fingerprint density at radius 1 is 1.13 bits per heavy atom. The number of hydrogen-bond acceptors (Lipinski definition) is 5. The van der Waals surface area contributed by atoms with Gasteiger partial charge in [-0.1, -0.05) is 30.5 Å². The molecule has 1 atom stereocenters. The van der Waals surface area contributed by atoms with E-state index in [4.69, 9.17) is 16.3 Å². The van der Waals surface area contributed by atoms with Crippen molar-refractivity contribution in [2.45, 2.75) is 44.7 Å². The molecule has 6 nitrogen and oxygen atoms in total. The number of hydrogen-bond donors (Lipinski definition) is 2. The average Bonchev–Trinajstić information content (AvgIpc) is 3.36. The molecule has 7 heteroatoms. The molecule has 0 spiro atoms. The molecular weight excluding hydrogens is 418 g/mol. The second kappa shape index (κ2) is 8.27. The lowest BCUT2D eigenvalue weighted by Gasteiger charge is -2.31. The molecule has 1 heterocycles. The summed E-state index contributed by atoms with van der Waals surface area (Å²) in [7, 11) is 1.56. The van der Waals surface area contributed by atoms with Gasteiger partial charge in [0.2, 0.25) is 0 Å². The largest absolute Gasteiger partial charge is 0.507 e. The van der Waals surface area contributed by atoms with Crippen molar-refractivity contribution in [1.82, 2.24) is 4.90 Å². The van der Waals surface area contributed by atoms with E-state index in [9.17, 15) is 19.8 Å². The summed E-state index contributed by atoms with van der Waals surface area (Å²) in [4.78, 5) is 27.8. The molecule has 2 aromatic carbocycles. The van der Waals surface area contributed by atoms with Gasteiger partial charge in [-0.25, -0.2) is 0 Å². The number of rotatable bonds is 4. The first-order chi connectivity index (χ1) is 14.8. The predicted octanol–water partition coefficient (Wildman–Crippen LogP) is 4.73. The van der Waals surface area contributed by atoms with Crippen molar-refractivity contribution in [2.75, 3.05) is 7.11 Å². The molecule has 31 heavy (non-hydrogen) atoms. The standard InChI is InChI=1S/C24H24ClNO5/c1-13-11-15(8-10-19(13)31-2)22(28)20-21(14-7-9-18(27)17(25)12-14)26(24(30)23(20)29)16-5-3-4-6-16/h7-12,16,21,27-28H,3-6H2,1-2H3/b22-20-. The number of phenolic OH excluding ortho intramolecular Hbond substituents is 1. The summed E-state index contributed by atoms with van der Waals surface area (Å²) < 4.78 is 5.28. The van der Waals surface area contributed by atoms with Gasteiger partial charge in [-0.3, -0.25) is 9.59 Å². The van der Waals surface area contributed by atoms with E-state index in [1.54, 1.807) is 42.3 Å². The molecule has 2 fully saturated rings. The van der Waals surface area contributed by atoms with Gasteiger partial charge in [0.15, 0.2) is 0 Å². The molecular formula is C24H24ClNO5. The van der Waals surface area contributed by atoms with Crippen LogP contribution in [0.1, 0.15) is 48.4 Å². The number of aliphatic hydroxyl groups is 1. The predicted molar refractivity (Wildman–Crippen MR) is 117 cm³/mol. The molecule has 2 N–H and O–H groups in total. The van der Waals surface area contributed by atoms with Gasteiger partial charge in [0.1, 0.15) is 17.3 Å². The summed E-state index contributed by atoms with van der Waals surface area (Å²) >= 11 is 6.14. The van der Waals surface area contributed by atoms with Crippen LogP contribution in [0.5, 0.6) is 11.5 Å². The number of methoxy groups -OCH3 is 1. The number of nitrogens with zero attached hydrogens (tertiary/aromatic N) is 1. The van der Waals surface area contributed by atoms with Crippen LogP contribution in [0.25, 0.3) is 5.76 Å². The van der Waals surface area contributed by atoms with Crippen LogP contribution in [0, 0.1) is 6.92 Å². The van der Waals surface area contributed by atoms with Gasteiger partial charge in [0, 0.05) is 11.6 Å². The number of phenols is 1. The zero-order valence-electron chi connectivity index (χ0n) is 17.4. The highest BCUT2D eigenvalue weighted by molar-refractivity contribution is 6.46. The summed E-state index contributed by atoms with van der Waals surface area (Å²) in [5.74, 6) is -1.00. The number of ether oxygens (including phenoxy) is 1. The van der Waals surface area contributed by atoms with Crippen molar-refractivity contribution in [1.29, 1.82) is 0 Å².